The molecule has 0 unspecified atom stereocenters. The van der Waals surface area contributed by atoms with Crippen molar-refractivity contribution < 1.29 is 14.3 Å². The lowest BCUT2D eigenvalue weighted by molar-refractivity contribution is -0.149. The molecule has 0 amide bonds. The van der Waals surface area contributed by atoms with Crippen LogP contribution in [0.25, 0.3) is 16.9 Å². The van der Waals surface area contributed by atoms with Crippen molar-refractivity contribution in [3.8, 4) is 17.0 Å². The minimum Gasteiger partial charge on any atom is -0.493 e. The van der Waals surface area contributed by atoms with Crippen LogP contribution in [0, 0.1) is 5.92 Å². The Morgan fingerprint density at radius 1 is 1.13 bits per heavy atom. The van der Waals surface area contributed by atoms with E-state index in [1.54, 1.807) is 0 Å². The number of para-hydroxylation sites is 1. The van der Waals surface area contributed by atoms with Gasteiger partial charge in [0.15, 0.2) is 0 Å². The van der Waals surface area contributed by atoms with E-state index in [1.165, 1.54) is 0 Å². The van der Waals surface area contributed by atoms with Gasteiger partial charge in [0.25, 0.3) is 0 Å². The molecule has 31 heavy (non-hydrogen) atoms. The molecule has 3 heterocycles. The molecule has 1 aliphatic heterocycles. The summed E-state index contributed by atoms with van der Waals surface area (Å²) in [7, 11) is 0. The van der Waals surface area contributed by atoms with Gasteiger partial charge in [-0.3, -0.25) is 9.69 Å². The fourth-order valence-corrected chi connectivity index (χ4v) is 4.22. The third-order valence-electron chi connectivity index (χ3n) is 5.76. The molecule has 1 aromatic carbocycles. The number of hydrogen-bond acceptors (Lipinski definition) is 6. The molecule has 2 N–H and O–H groups in total. The number of piperidine rings is 1. The number of anilines is 1. The van der Waals surface area contributed by atoms with Gasteiger partial charge in [-0.1, -0.05) is 12.1 Å². The molecule has 1 saturated heterocycles. The van der Waals surface area contributed by atoms with Crippen LogP contribution in [0.3, 0.4) is 0 Å². The number of imidazole rings is 1. The van der Waals surface area contributed by atoms with Crippen LogP contribution in [0.5, 0.6) is 5.75 Å². The molecule has 0 radical (unpaired) electrons. The molecule has 7 nitrogen and oxygen atoms in total. The Kier molecular flexibility index (Phi) is 6.42. The normalized spacial score (nSPS) is 15.3. The lowest BCUT2D eigenvalue weighted by Gasteiger charge is -2.30. The quantitative estimate of drug-likeness (QED) is 0.584. The molecule has 1 fully saturated rings. The number of likely N-dealkylation sites (tertiary alicyclic amines) is 1. The minimum atomic E-state index is -0.0731. The topological polar surface area (TPSA) is 82.1 Å². The van der Waals surface area contributed by atoms with E-state index in [1.807, 2.05) is 56.4 Å². The molecule has 0 spiro atoms. The second-order valence-corrected chi connectivity index (χ2v) is 7.83. The van der Waals surface area contributed by atoms with Crippen LogP contribution in [0.1, 0.15) is 32.4 Å². The fourth-order valence-electron chi connectivity index (χ4n) is 4.22. The highest BCUT2D eigenvalue weighted by Gasteiger charge is 2.27. The number of nitrogens with two attached hydrogens (primary N) is 1. The van der Waals surface area contributed by atoms with Gasteiger partial charge < -0.3 is 19.6 Å². The molecule has 3 aromatic rings. The summed E-state index contributed by atoms with van der Waals surface area (Å²) >= 11 is 0. The standard InChI is InChI=1S/C24H30N4O3/c1-3-30-21-8-6-5-7-19(21)23-20(28-15-18(25)9-10-22(28)26-23)16-27-13-11-17(12-14-27)24(29)31-4-2/h5-10,15,17H,3-4,11-14,16,25H2,1-2H3. The number of benzene rings is 1. The summed E-state index contributed by atoms with van der Waals surface area (Å²) in [6.45, 7) is 7.26. The third kappa shape index (κ3) is 4.51. The first-order valence-electron chi connectivity index (χ1n) is 11.0. The van der Waals surface area contributed by atoms with Crippen molar-refractivity contribution in [3.05, 3.63) is 48.3 Å². The zero-order chi connectivity index (χ0) is 21.8. The van der Waals surface area contributed by atoms with E-state index >= 15 is 0 Å². The van der Waals surface area contributed by atoms with Crippen molar-refractivity contribution in [2.75, 3.05) is 32.0 Å². The van der Waals surface area contributed by atoms with Crippen LogP contribution in [-0.4, -0.2) is 46.6 Å². The van der Waals surface area contributed by atoms with Crippen molar-refractivity contribution in [2.24, 2.45) is 5.92 Å². The largest absolute Gasteiger partial charge is 0.493 e. The lowest BCUT2D eigenvalue weighted by Crippen LogP contribution is -2.36. The Morgan fingerprint density at radius 3 is 2.65 bits per heavy atom. The maximum absolute atomic E-state index is 12.1. The molecule has 0 atom stereocenters. The molecule has 2 aromatic heterocycles. The number of carbonyl (C=O) groups excluding carboxylic acids is 1. The molecule has 0 bridgehead atoms. The summed E-state index contributed by atoms with van der Waals surface area (Å²) in [6.07, 6.45) is 3.54. The van der Waals surface area contributed by atoms with Crippen molar-refractivity contribution in [3.63, 3.8) is 0 Å². The molecular formula is C24H30N4O3. The van der Waals surface area contributed by atoms with Gasteiger partial charge in [0, 0.05) is 24.0 Å². The Bertz CT molecular complexity index is 1050. The van der Waals surface area contributed by atoms with Crippen LogP contribution in [0.2, 0.25) is 0 Å². The van der Waals surface area contributed by atoms with Crippen LogP contribution in [-0.2, 0) is 16.1 Å². The van der Waals surface area contributed by atoms with E-state index < -0.39 is 0 Å². The summed E-state index contributed by atoms with van der Waals surface area (Å²) in [5.41, 5.74) is 10.6. The third-order valence-corrected chi connectivity index (χ3v) is 5.76. The molecule has 7 heteroatoms. The number of fused-ring (bicyclic) bond motifs is 1. The van der Waals surface area contributed by atoms with E-state index in [0.29, 0.717) is 18.9 Å². The van der Waals surface area contributed by atoms with Gasteiger partial charge >= 0.3 is 5.97 Å². The molecular weight excluding hydrogens is 392 g/mol. The zero-order valence-electron chi connectivity index (χ0n) is 18.2. The maximum Gasteiger partial charge on any atom is 0.309 e. The van der Waals surface area contributed by atoms with E-state index in [0.717, 1.165) is 60.8 Å². The van der Waals surface area contributed by atoms with E-state index in [-0.39, 0.29) is 11.9 Å². The van der Waals surface area contributed by atoms with Gasteiger partial charge in [0.05, 0.1) is 30.5 Å². The molecule has 164 valence electrons. The number of aromatic nitrogens is 2. The Balaban J connectivity index is 1.65. The van der Waals surface area contributed by atoms with E-state index in [9.17, 15) is 4.79 Å². The number of hydrogen-bond donors (Lipinski definition) is 1. The highest BCUT2D eigenvalue weighted by Crippen LogP contribution is 2.34. The second-order valence-electron chi connectivity index (χ2n) is 7.83. The number of nitrogen functional groups attached to an aromatic ring is 1. The number of pyridine rings is 1. The average Bonchev–Trinajstić information content (AvgIpc) is 3.12. The first-order chi connectivity index (χ1) is 15.1. The number of esters is 1. The highest BCUT2D eigenvalue weighted by molar-refractivity contribution is 5.73. The number of ether oxygens (including phenoxy) is 2. The molecule has 0 saturated carbocycles. The van der Waals surface area contributed by atoms with Crippen LogP contribution in [0.15, 0.2) is 42.6 Å². The minimum absolute atomic E-state index is 0.00724. The summed E-state index contributed by atoms with van der Waals surface area (Å²) in [4.78, 5) is 19.4. The second kappa shape index (κ2) is 9.39. The monoisotopic (exact) mass is 422 g/mol. The van der Waals surface area contributed by atoms with Crippen molar-refractivity contribution in [2.45, 2.75) is 33.2 Å². The zero-order valence-corrected chi connectivity index (χ0v) is 18.2. The number of carbonyl (C=O) groups is 1. The smallest absolute Gasteiger partial charge is 0.309 e. The van der Waals surface area contributed by atoms with Crippen molar-refractivity contribution in [1.82, 2.24) is 14.3 Å². The predicted molar refractivity (Wildman–Crippen MR) is 121 cm³/mol. The lowest BCUT2D eigenvalue weighted by atomic mass is 9.96. The first kappa shape index (κ1) is 21.2. The van der Waals surface area contributed by atoms with Gasteiger partial charge in [-0.05, 0) is 64.0 Å². The maximum atomic E-state index is 12.1. The Labute approximate surface area is 182 Å². The van der Waals surface area contributed by atoms with Crippen LogP contribution >= 0.6 is 0 Å². The van der Waals surface area contributed by atoms with Crippen molar-refractivity contribution >= 4 is 17.3 Å². The summed E-state index contributed by atoms with van der Waals surface area (Å²) in [5, 5.41) is 0. The van der Waals surface area contributed by atoms with Gasteiger partial charge in [-0.2, -0.15) is 0 Å². The number of nitrogens with zero attached hydrogens (tertiary/aromatic N) is 3. The number of rotatable bonds is 7. The highest BCUT2D eigenvalue weighted by atomic mass is 16.5. The summed E-state index contributed by atoms with van der Waals surface area (Å²) in [6, 6.07) is 11.8. The van der Waals surface area contributed by atoms with E-state index in [4.69, 9.17) is 20.2 Å². The van der Waals surface area contributed by atoms with Gasteiger partial charge in [0.1, 0.15) is 11.4 Å². The molecule has 4 rings (SSSR count). The Hall–Kier alpha value is -3.06. The SMILES string of the molecule is CCOC(=O)C1CCN(Cc2c(-c3ccccc3OCC)nc3ccc(N)cn23)CC1. The van der Waals surface area contributed by atoms with Crippen LogP contribution < -0.4 is 10.5 Å². The van der Waals surface area contributed by atoms with Crippen molar-refractivity contribution in [1.29, 1.82) is 0 Å². The van der Waals surface area contributed by atoms with Gasteiger partial charge in [-0.15, -0.1) is 0 Å². The van der Waals surface area contributed by atoms with Crippen LogP contribution in [0.4, 0.5) is 5.69 Å². The van der Waals surface area contributed by atoms with E-state index in [2.05, 4.69) is 9.30 Å². The molecule has 0 aliphatic carbocycles. The fraction of sp³-hybridized carbons (Fsp3) is 0.417. The van der Waals surface area contributed by atoms with Gasteiger partial charge in [-0.25, -0.2) is 4.98 Å². The first-order valence-corrected chi connectivity index (χ1v) is 11.0. The Morgan fingerprint density at radius 2 is 1.90 bits per heavy atom. The summed E-state index contributed by atoms with van der Waals surface area (Å²) in [5.74, 6) is 0.742. The average molecular weight is 423 g/mol. The summed E-state index contributed by atoms with van der Waals surface area (Å²) < 4.78 is 13.2. The predicted octanol–water partition coefficient (Wildman–Crippen LogP) is 3.76. The van der Waals surface area contributed by atoms with Gasteiger partial charge in [0.2, 0.25) is 0 Å². The molecule has 1 aliphatic rings.